The molecule has 1 fully saturated rings. The van der Waals surface area contributed by atoms with Gasteiger partial charge >= 0.3 is 6.09 Å². The first-order chi connectivity index (χ1) is 10.7. The lowest BCUT2D eigenvalue weighted by Crippen LogP contribution is -2.53. The highest BCUT2D eigenvalue weighted by Gasteiger charge is 2.53. The number of aliphatic hydroxyl groups is 1. The second kappa shape index (κ2) is 7.34. The topological polar surface area (TPSA) is 59.0 Å². The summed E-state index contributed by atoms with van der Waals surface area (Å²) in [5, 5.41) is 10.1. The van der Waals surface area contributed by atoms with Gasteiger partial charge in [0.15, 0.2) is 9.04 Å². The Morgan fingerprint density at radius 2 is 1.83 bits per heavy atom. The van der Waals surface area contributed by atoms with E-state index in [1.54, 1.807) is 11.8 Å². The van der Waals surface area contributed by atoms with Crippen molar-refractivity contribution in [2.45, 2.75) is 91.8 Å². The van der Waals surface area contributed by atoms with Crippen molar-refractivity contribution in [3.8, 4) is 0 Å². The van der Waals surface area contributed by atoms with Crippen LogP contribution in [-0.2, 0) is 9.16 Å². The minimum atomic E-state index is -1.42. The van der Waals surface area contributed by atoms with E-state index in [4.69, 9.17) is 9.16 Å². The number of nitrogens with zero attached hydrogens (tertiary/aromatic N) is 1. The molecule has 1 aliphatic rings. The summed E-state index contributed by atoms with van der Waals surface area (Å²) in [5.41, 5.74) is -1.25. The second-order valence-electron chi connectivity index (χ2n) is 9.52. The van der Waals surface area contributed by atoms with E-state index in [0.29, 0.717) is 18.9 Å². The minimum Gasteiger partial charge on any atom is -0.444 e. The molecular weight excluding hydrogens is 322 g/mol. The molecule has 0 saturated carbocycles. The maximum Gasteiger partial charge on any atom is 0.412 e. The van der Waals surface area contributed by atoms with E-state index in [9.17, 15) is 9.90 Å². The lowest BCUT2D eigenvalue weighted by molar-refractivity contribution is -0.0891. The Hall–Kier alpha value is -0.593. The molecule has 142 valence electrons. The molecule has 3 atom stereocenters. The van der Waals surface area contributed by atoms with E-state index in [1.807, 2.05) is 20.8 Å². The molecule has 1 heterocycles. The number of hydrogen-bond acceptors (Lipinski definition) is 4. The fourth-order valence-electron chi connectivity index (χ4n) is 3.34. The van der Waals surface area contributed by atoms with Crippen molar-refractivity contribution in [3.63, 3.8) is 0 Å². The Morgan fingerprint density at radius 1 is 1.29 bits per heavy atom. The third-order valence-corrected chi connectivity index (χ3v) is 5.28. The van der Waals surface area contributed by atoms with Crippen LogP contribution in [0.4, 0.5) is 4.79 Å². The van der Waals surface area contributed by atoms with E-state index in [0.717, 1.165) is 6.42 Å². The van der Waals surface area contributed by atoms with Crippen LogP contribution in [0, 0.1) is 11.3 Å². The van der Waals surface area contributed by atoms with E-state index >= 15 is 0 Å². The smallest absolute Gasteiger partial charge is 0.412 e. The normalized spacial score (nSPS) is 26.8. The van der Waals surface area contributed by atoms with Gasteiger partial charge in [-0.3, -0.25) is 4.90 Å². The summed E-state index contributed by atoms with van der Waals surface area (Å²) in [6.07, 6.45) is 0.279. The van der Waals surface area contributed by atoms with Crippen LogP contribution in [0.25, 0.3) is 0 Å². The molecule has 6 heteroatoms. The second-order valence-corrected chi connectivity index (χ2v) is 11.9. The predicted molar refractivity (Wildman–Crippen MR) is 99.5 cm³/mol. The van der Waals surface area contributed by atoms with Crippen molar-refractivity contribution < 1.29 is 19.1 Å². The van der Waals surface area contributed by atoms with Gasteiger partial charge in [0.05, 0.1) is 6.10 Å². The largest absolute Gasteiger partial charge is 0.444 e. The number of likely N-dealkylation sites (tertiary alicyclic amines) is 1. The van der Waals surface area contributed by atoms with Gasteiger partial charge in [-0.15, -0.1) is 0 Å². The molecule has 1 saturated heterocycles. The molecule has 5 nitrogen and oxygen atoms in total. The average Bonchev–Trinajstić information content (AvgIpc) is 2.63. The molecule has 1 N–H and O–H groups in total. The first-order valence-corrected chi connectivity index (χ1v) is 11.8. The third-order valence-electron chi connectivity index (χ3n) is 4.37. The summed E-state index contributed by atoms with van der Waals surface area (Å²) >= 11 is 0. The molecule has 0 aromatic carbocycles. The number of rotatable bonds is 4. The quantitative estimate of drug-likeness (QED) is 0.777. The highest BCUT2D eigenvalue weighted by molar-refractivity contribution is 6.48. The number of amides is 1. The van der Waals surface area contributed by atoms with Crippen LogP contribution >= 0.6 is 0 Å². The fourth-order valence-corrected chi connectivity index (χ4v) is 4.54. The summed E-state index contributed by atoms with van der Waals surface area (Å²) in [7, 11) is -1.42. The fraction of sp³-hybridized carbons (Fsp3) is 0.944. The standard InChI is InChI=1S/C18H37NO4Si/c1-13(20)10-18(23-24(8)9)11-14(16(2,3)4)12-19(18)15(21)22-17(5,6)7/h13-14,20,24H,10-12H2,1-9H3. The van der Waals surface area contributed by atoms with Crippen LogP contribution in [0.2, 0.25) is 13.1 Å². The Bertz CT molecular complexity index is 427. The van der Waals surface area contributed by atoms with Gasteiger partial charge in [0.1, 0.15) is 11.3 Å². The summed E-state index contributed by atoms with van der Waals surface area (Å²) in [4.78, 5) is 14.6. The zero-order valence-electron chi connectivity index (χ0n) is 17.0. The molecule has 0 aromatic heterocycles. The first-order valence-electron chi connectivity index (χ1n) is 9.03. The first kappa shape index (κ1) is 21.4. The molecule has 0 aliphatic carbocycles. The predicted octanol–water partition coefficient (Wildman–Crippen LogP) is 3.76. The van der Waals surface area contributed by atoms with Crippen molar-refractivity contribution in [3.05, 3.63) is 0 Å². The zero-order valence-corrected chi connectivity index (χ0v) is 18.1. The summed E-state index contributed by atoms with van der Waals surface area (Å²) in [5.74, 6) is 0.302. The van der Waals surface area contributed by atoms with Crippen molar-refractivity contribution in [1.82, 2.24) is 4.90 Å². The van der Waals surface area contributed by atoms with Crippen LogP contribution in [-0.4, -0.2) is 49.1 Å². The number of carbonyl (C=O) groups excluding carboxylic acids is 1. The molecule has 0 radical (unpaired) electrons. The molecule has 1 amide bonds. The van der Waals surface area contributed by atoms with E-state index in [1.165, 1.54) is 0 Å². The Morgan fingerprint density at radius 3 is 2.21 bits per heavy atom. The average molecular weight is 360 g/mol. The molecule has 24 heavy (non-hydrogen) atoms. The van der Waals surface area contributed by atoms with Gasteiger partial charge in [0.25, 0.3) is 0 Å². The highest BCUT2D eigenvalue weighted by atomic mass is 28.3. The molecular formula is C18H37NO4Si. The monoisotopic (exact) mass is 359 g/mol. The Kier molecular flexibility index (Phi) is 6.56. The molecule has 0 aromatic rings. The Labute approximate surface area is 149 Å². The van der Waals surface area contributed by atoms with E-state index < -0.39 is 26.5 Å². The third kappa shape index (κ3) is 5.74. The lowest BCUT2D eigenvalue weighted by atomic mass is 9.78. The minimum absolute atomic E-state index is 0.0581. The van der Waals surface area contributed by atoms with Crippen molar-refractivity contribution >= 4 is 15.1 Å². The van der Waals surface area contributed by atoms with E-state index in [2.05, 4.69) is 33.9 Å². The maximum absolute atomic E-state index is 12.9. The highest BCUT2D eigenvalue weighted by Crippen LogP contribution is 2.45. The number of ether oxygens (including phenoxy) is 1. The van der Waals surface area contributed by atoms with Crippen LogP contribution in [0.5, 0.6) is 0 Å². The number of aliphatic hydroxyl groups excluding tert-OH is 1. The molecule has 0 bridgehead atoms. The summed E-state index contributed by atoms with van der Waals surface area (Å²) in [6.45, 7) is 18.7. The molecule has 3 unspecified atom stereocenters. The van der Waals surface area contributed by atoms with Crippen LogP contribution in [0.15, 0.2) is 0 Å². The maximum atomic E-state index is 12.9. The van der Waals surface area contributed by atoms with Crippen LogP contribution in [0.3, 0.4) is 0 Å². The van der Waals surface area contributed by atoms with Gasteiger partial charge in [-0.25, -0.2) is 4.79 Å². The van der Waals surface area contributed by atoms with Gasteiger partial charge in [0, 0.05) is 13.0 Å². The van der Waals surface area contributed by atoms with Crippen molar-refractivity contribution in [1.29, 1.82) is 0 Å². The summed E-state index contributed by atoms with van der Waals surface area (Å²) < 4.78 is 12.0. The van der Waals surface area contributed by atoms with Gasteiger partial charge < -0.3 is 14.3 Å². The van der Waals surface area contributed by atoms with Crippen molar-refractivity contribution in [2.75, 3.05) is 6.54 Å². The van der Waals surface area contributed by atoms with Crippen molar-refractivity contribution in [2.24, 2.45) is 11.3 Å². The number of hydrogen-bond donors (Lipinski definition) is 1. The lowest BCUT2D eigenvalue weighted by Gasteiger charge is -2.41. The molecule has 0 spiro atoms. The molecule has 1 aliphatic heterocycles. The van der Waals surface area contributed by atoms with Crippen LogP contribution in [0.1, 0.15) is 61.3 Å². The number of carbonyl (C=O) groups is 1. The van der Waals surface area contributed by atoms with Gasteiger partial charge in [-0.2, -0.15) is 0 Å². The van der Waals surface area contributed by atoms with Crippen LogP contribution < -0.4 is 0 Å². The van der Waals surface area contributed by atoms with E-state index in [-0.39, 0.29) is 11.5 Å². The van der Waals surface area contributed by atoms with Gasteiger partial charge in [-0.05, 0) is 58.5 Å². The van der Waals surface area contributed by atoms with Gasteiger partial charge in [0.2, 0.25) is 0 Å². The molecule has 1 rings (SSSR count). The SMILES string of the molecule is CC(O)CC1(O[SiH](C)C)CC(C(C)(C)C)CN1C(=O)OC(C)(C)C. The summed E-state index contributed by atoms with van der Waals surface area (Å²) in [6, 6.07) is 0. The van der Waals surface area contributed by atoms with Gasteiger partial charge in [-0.1, -0.05) is 20.8 Å². The Balaban J connectivity index is 3.22. The zero-order chi connectivity index (χ0) is 18.9.